The van der Waals surface area contributed by atoms with Gasteiger partial charge in [0.25, 0.3) is 0 Å². The van der Waals surface area contributed by atoms with Gasteiger partial charge in [0, 0.05) is 18.2 Å². The molecule has 1 heterocycles. The summed E-state index contributed by atoms with van der Waals surface area (Å²) in [6, 6.07) is 7.69. The van der Waals surface area contributed by atoms with Gasteiger partial charge >= 0.3 is 0 Å². The Labute approximate surface area is 135 Å². The highest BCUT2D eigenvalue weighted by Crippen LogP contribution is 2.30. The molecular weight excluding hydrogens is 298 g/mol. The fraction of sp³-hybridized carbons (Fsp3) is 0.412. The molecule has 2 N–H and O–H groups in total. The average Bonchev–Trinajstić information content (AvgIpc) is 3.07. The van der Waals surface area contributed by atoms with E-state index >= 15 is 0 Å². The molecule has 2 aromatic rings. The first-order valence-corrected chi connectivity index (χ1v) is 8.12. The zero-order valence-corrected chi connectivity index (χ0v) is 14.2. The highest BCUT2D eigenvalue weighted by molar-refractivity contribution is 7.08. The minimum atomic E-state index is -0.902. The molecule has 0 aliphatic rings. The van der Waals surface area contributed by atoms with Gasteiger partial charge in [-0.2, -0.15) is 11.3 Å². The van der Waals surface area contributed by atoms with Gasteiger partial charge in [0.05, 0.1) is 14.2 Å². The number of methoxy groups -OCH3 is 2. The third-order valence-electron chi connectivity index (χ3n) is 3.80. The van der Waals surface area contributed by atoms with Crippen molar-refractivity contribution in [1.29, 1.82) is 0 Å². The second-order valence-corrected chi connectivity index (χ2v) is 6.28. The SMILES string of the molecule is COc1ccc(OC)c(C(C)NCC(C)(O)c2ccsc2)c1. The molecule has 0 saturated heterocycles. The number of hydrogen-bond acceptors (Lipinski definition) is 5. The van der Waals surface area contributed by atoms with Gasteiger partial charge in [0.1, 0.15) is 17.1 Å². The Morgan fingerprint density at radius 1 is 1.27 bits per heavy atom. The predicted molar refractivity (Wildman–Crippen MR) is 89.9 cm³/mol. The topological polar surface area (TPSA) is 50.7 Å². The van der Waals surface area contributed by atoms with Crippen molar-refractivity contribution in [2.24, 2.45) is 0 Å². The lowest BCUT2D eigenvalue weighted by Gasteiger charge is -2.26. The van der Waals surface area contributed by atoms with E-state index in [0.717, 1.165) is 22.6 Å². The zero-order valence-electron chi connectivity index (χ0n) is 13.4. The highest BCUT2D eigenvalue weighted by atomic mass is 32.1. The van der Waals surface area contributed by atoms with Crippen LogP contribution in [0.25, 0.3) is 0 Å². The standard InChI is InChI=1S/C17H23NO3S/c1-12(15-9-14(20-3)5-6-16(15)21-4)18-11-17(2,19)13-7-8-22-10-13/h5-10,12,18-19H,11H2,1-4H3. The minimum Gasteiger partial charge on any atom is -0.497 e. The van der Waals surface area contributed by atoms with Crippen LogP contribution in [0.4, 0.5) is 0 Å². The zero-order chi connectivity index (χ0) is 16.2. The number of aliphatic hydroxyl groups is 1. The predicted octanol–water partition coefficient (Wildman–Crippen LogP) is 3.32. The Balaban J connectivity index is 2.10. The number of ether oxygens (including phenoxy) is 2. The van der Waals surface area contributed by atoms with Crippen LogP contribution in [0, 0.1) is 0 Å². The van der Waals surface area contributed by atoms with Crippen molar-refractivity contribution in [3.63, 3.8) is 0 Å². The first kappa shape index (κ1) is 16.8. The van der Waals surface area contributed by atoms with E-state index in [1.54, 1.807) is 25.6 Å². The number of hydrogen-bond donors (Lipinski definition) is 2. The molecule has 0 spiro atoms. The van der Waals surface area contributed by atoms with E-state index in [4.69, 9.17) is 9.47 Å². The average molecular weight is 321 g/mol. The van der Waals surface area contributed by atoms with Gasteiger partial charge in [0.15, 0.2) is 0 Å². The van der Waals surface area contributed by atoms with E-state index in [-0.39, 0.29) is 6.04 Å². The molecule has 0 radical (unpaired) electrons. The van der Waals surface area contributed by atoms with Crippen molar-refractivity contribution in [2.75, 3.05) is 20.8 Å². The molecule has 0 aliphatic carbocycles. The smallest absolute Gasteiger partial charge is 0.123 e. The number of rotatable bonds is 7. The van der Waals surface area contributed by atoms with Gasteiger partial charge in [-0.3, -0.25) is 0 Å². The lowest BCUT2D eigenvalue weighted by molar-refractivity contribution is 0.0547. The van der Waals surface area contributed by atoms with Crippen LogP contribution in [0.5, 0.6) is 11.5 Å². The molecular formula is C17H23NO3S. The molecule has 0 aliphatic heterocycles. The summed E-state index contributed by atoms with van der Waals surface area (Å²) in [6.07, 6.45) is 0. The lowest BCUT2D eigenvalue weighted by Crippen LogP contribution is -2.36. The van der Waals surface area contributed by atoms with Gasteiger partial charge in [-0.05, 0) is 54.4 Å². The van der Waals surface area contributed by atoms with Gasteiger partial charge in [0.2, 0.25) is 0 Å². The van der Waals surface area contributed by atoms with Crippen molar-refractivity contribution in [3.05, 3.63) is 46.2 Å². The second kappa shape index (κ2) is 7.13. The van der Waals surface area contributed by atoms with E-state index < -0.39 is 5.60 Å². The Morgan fingerprint density at radius 2 is 2.05 bits per heavy atom. The molecule has 2 unspecified atom stereocenters. The Morgan fingerprint density at radius 3 is 2.64 bits per heavy atom. The maximum Gasteiger partial charge on any atom is 0.123 e. The van der Waals surface area contributed by atoms with Gasteiger partial charge in [-0.15, -0.1) is 0 Å². The molecule has 0 saturated carbocycles. The molecule has 0 amide bonds. The van der Waals surface area contributed by atoms with Crippen molar-refractivity contribution in [3.8, 4) is 11.5 Å². The summed E-state index contributed by atoms with van der Waals surface area (Å²) in [6.45, 7) is 4.31. The van der Waals surface area contributed by atoms with Gasteiger partial charge in [-0.25, -0.2) is 0 Å². The van der Waals surface area contributed by atoms with Gasteiger partial charge in [-0.1, -0.05) is 0 Å². The van der Waals surface area contributed by atoms with Crippen molar-refractivity contribution in [2.45, 2.75) is 25.5 Å². The number of thiophene rings is 1. The molecule has 120 valence electrons. The molecule has 0 fully saturated rings. The van der Waals surface area contributed by atoms with E-state index in [2.05, 4.69) is 5.32 Å². The lowest BCUT2D eigenvalue weighted by atomic mass is 9.98. The van der Waals surface area contributed by atoms with Crippen molar-refractivity contribution < 1.29 is 14.6 Å². The van der Waals surface area contributed by atoms with Gasteiger partial charge < -0.3 is 19.9 Å². The molecule has 1 aromatic heterocycles. The summed E-state index contributed by atoms with van der Waals surface area (Å²) in [5.74, 6) is 1.59. The van der Waals surface area contributed by atoms with E-state index in [0.29, 0.717) is 6.54 Å². The van der Waals surface area contributed by atoms with Crippen LogP contribution in [0.3, 0.4) is 0 Å². The van der Waals surface area contributed by atoms with E-state index in [1.165, 1.54) is 0 Å². The monoisotopic (exact) mass is 321 g/mol. The van der Waals surface area contributed by atoms with Crippen LogP contribution in [-0.4, -0.2) is 25.9 Å². The summed E-state index contributed by atoms with van der Waals surface area (Å²) in [5.41, 5.74) is 1.03. The largest absolute Gasteiger partial charge is 0.497 e. The molecule has 1 aromatic carbocycles. The third kappa shape index (κ3) is 3.80. The Kier molecular flexibility index (Phi) is 5.45. The third-order valence-corrected chi connectivity index (χ3v) is 4.48. The van der Waals surface area contributed by atoms with Crippen LogP contribution in [-0.2, 0) is 5.60 Å². The molecule has 4 nitrogen and oxygen atoms in total. The molecule has 2 atom stereocenters. The molecule has 5 heteroatoms. The highest BCUT2D eigenvalue weighted by Gasteiger charge is 2.24. The maximum atomic E-state index is 10.6. The van der Waals surface area contributed by atoms with E-state index in [9.17, 15) is 5.11 Å². The second-order valence-electron chi connectivity index (χ2n) is 5.50. The van der Waals surface area contributed by atoms with E-state index in [1.807, 2.05) is 48.9 Å². The van der Waals surface area contributed by atoms with Crippen LogP contribution in [0.15, 0.2) is 35.0 Å². The summed E-state index contributed by atoms with van der Waals surface area (Å²) in [7, 11) is 3.30. The van der Waals surface area contributed by atoms with Crippen LogP contribution >= 0.6 is 11.3 Å². The summed E-state index contributed by atoms with van der Waals surface area (Å²) >= 11 is 1.58. The summed E-state index contributed by atoms with van der Waals surface area (Å²) < 4.78 is 10.7. The first-order valence-electron chi connectivity index (χ1n) is 7.18. The fourth-order valence-electron chi connectivity index (χ4n) is 2.31. The Hall–Kier alpha value is -1.56. The quantitative estimate of drug-likeness (QED) is 0.821. The van der Waals surface area contributed by atoms with Crippen LogP contribution in [0.2, 0.25) is 0 Å². The normalized spacial score (nSPS) is 15.1. The summed E-state index contributed by atoms with van der Waals surface area (Å²) in [4.78, 5) is 0. The maximum absolute atomic E-state index is 10.6. The van der Waals surface area contributed by atoms with Crippen LogP contribution < -0.4 is 14.8 Å². The Bertz CT molecular complexity index is 596. The fourth-order valence-corrected chi connectivity index (χ4v) is 3.10. The van der Waals surface area contributed by atoms with Crippen LogP contribution in [0.1, 0.15) is 31.0 Å². The minimum absolute atomic E-state index is 0.0233. The molecule has 0 bridgehead atoms. The number of nitrogens with one attached hydrogen (secondary N) is 1. The van der Waals surface area contributed by atoms with Crippen molar-refractivity contribution >= 4 is 11.3 Å². The summed E-state index contributed by atoms with van der Waals surface area (Å²) in [5, 5.41) is 17.9. The number of benzene rings is 1. The molecule has 2 rings (SSSR count). The van der Waals surface area contributed by atoms with Crippen molar-refractivity contribution in [1.82, 2.24) is 5.32 Å². The molecule has 22 heavy (non-hydrogen) atoms. The first-order chi connectivity index (χ1) is 10.5.